The van der Waals surface area contributed by atoms with Gasteiger partial charge in [-0.15, -0.1) is 23.7 Å². The fourth-order valence-corrected chi connectivity index (χ4v) is 3.11. The van der Waals surface area contributed by atoms with Crippen molar-refractivity contribution in [1.29, 1.82) is 0 Å². The van der Waals surface area contributed by atoms with Gasteiger partial charge in [0.15, 0.2) is 0 Å². The molecule has 0 saturated heterocycles. The summed E-state index contributed by atoms with van der Waals surface area (Å²) >= 11 is 1.21. The molecule has 0 aliphatic rings. The summed E-state index contributed by atoms with van der Waals surface area (Å²) in [6.07, 6.45) is 0.843. The number of halogens is 2. The Morgan fingerprint density at radius 1 is 1.16 bits per heavy atom. The number of carbonyl (C=O) groups is 2. The third-order valence-electron chi connectivity index (χ3n) is 3.34. The van der Waals surface area contributed by atoms with Gasteiger partial charge in [0.25, 0.3) is 11.8 Å². The van der Waals surface area contributed by atoms with E-state index in [-0.39, 0.29) is 23.9 Å². The lowest BCUT2D eigenvalue weighted by molar-refractivity contribution is 0.0955. The predicted molar refractivity (Wildman–Crippen MR) is 102 cm³/mol. The average molecular weight is 386 g/mol. The van der Waals surface area contributed by atoms with Crippen LogP contribution in [0.4, 0.5) is 9.39 Å². The first kappa shape index (κ1) is 21.1. The van der Waals surface area contributed by atoms with Crippen LogP contribution in [-0.4, -0.2) is 32.0 Å². The van der Waals surface area contributed by atoms with Gasteiger partial charge in [-0.2, -0.15) is 0 Å². The lowest BCUT2D eigenvalue weighted by Crippen LogP contribution is -2.26. The molecule has 0 saturated carbocycles. The minimum absolute atomic E-state index is 0. The van der Waals surface area contributed by atoms with Crippen LogP contribution in [0.5, 0.6) is 0 Å². The van der Waals surface area contributed by atoms with Crippen molar-refractivity contribution >= 4 is 40.6 Å². The highest BCUT2D eigenvalue weighted by molar-refractivity contribution is 7.18. The van der Waals surface area contributed by atoms with Gasteiger partial charge in [0.2, 0.25) is 0 Å². The quantitative estimate of drug-likeness (QED) is 0.641. The van der Waals surface area contributed by atoms with E-state index in [1.54, 1.807) is 6.07 Å². The zero-order valence-corrected chi connectivity index (χ0v) is 15.7. The molecular formula is C17H21ClFN3O2S. The van der Waals surface area contributed by atoms with Crippen molar-refractivity contribution in [2.24, 2.45) is 0 Å². The van der Waals surface area contributed by atoms with Crippen LogP contribution in [0.1, 0.15) is 32.0 Å². The van der Waals surface area contributed by atoms with Crippen molar-refractivity contribution in [3.05, 3.63) is 52.2 Å². The van der Waals surface area contributed by atoms with Crippen LogP contribution in [-0.2, 0) is 0 Å². The molecule has 2 rings (SSSR count). The maximum Gasteiger partial charge on any atom is 0.261 e. The van der Waals surface area contributed by atoms with Gasteiger partial charge in [0, 0.05) is 12.1 Å². The molecule has 0 atom stereocenters. The number of carbonyl (C=O) groups excluding carboxylic acids is 2. The van der Waals surface area contributed by atoms with E-state index in [0.717, 1.165) is 18.5 Å². The van der Waals surface area contributed by atoms with Crippen molar-refractivity contribution < 1.29 is 14.0 Å². The first-order chi connectivity index (χ1) is 11.5. The van der Waals surface area contributed by atoms with E-state index in [1.165, 1.54) is 35.6 Å². The summed E-state index contributed by atoms with van der Waals surface area (Å²) in [5.41, 5.74) is 1.03. The maximum atomic E-state index is 13.2. The number of amides is 2. The van der Waals surface area contributed by atoms with Crippen LogP contribution in [0.2, 0.25) is 0 Å². The normalized spacial score (nSPS) is 10.0. The average Bonchev–Trinajstić information content (AvgIpc) is 2.92. The largest absolute Gasteiger partial charge is 0.351 e. The summed E-state index contributed by atoms with van der Waals surface area (Å²) in [4.78, 5) is 24.8. The van der Waals surface area contributed by atoms with Crippen LogP contribution in [0.25, 0.3) is 0 Å². The van der Waals surface area contributed by atoms with Crippen molar-refractivity contribution in [3.8, 4) is 0 Å². The van der Waals surface area contributed by atoms with Crippen molar-refractivity contribution in [3.63, 3.8) is 0 Å². The summed E-state index contributed by atoms with van der Waals surface area (Å²) in [6, 6.07) is 7.21. The Morgan fingerprint density at radius 3 is 2.60 bits per heavy atom. The highest BCUT2D eigenvalue weighted by atomic mass is 35.5. The van der Waals surface area contributed by atoms with E-state index in [1.807, 2.05) is 14.0 Å². The molecule has 1 heterocycles. The molecule has 8 heteroatoms. The molecule has 0 unspecified atom stereocenters. The van der Waals surface area contributed by atoms with Crippen LogP contribution < -0.4 is 16.0 Å². The SMILES string of the molecule is CNCCCNC(=O)c1sc(NC(=O)c2cccc(F)c2)cc1C.Cl. The Bertz CT molecular complexity index is 736. The van der Waals surface area contributed by atoms with E-state index in [9.17, 15) is 14.0 Å². The third-order valence-corrected chi connectivity index (χ3v) is 4.49. The van der Waals surface area contributed by atoms with Gasteiger partial charge < -0.3 is 16.0 Å². The number of aryl methyl sites for hydroxylation is 1. The molecule has 0 spiro atoms. The molecule has 0 aliphatic carbocycles. The second-order valence-corrected chi connectivity index (χ2v) is 6.35. The number of anilines is 1. The van der Waals surface area contributed by atoms with Gasteiger partial charge in [0.05, 0.1) is 9.88 Å². The summed E-state index contributed by atoms with van der Waals surface area (Å²) in [5.74, 6) is -1.02. The fraction of sp³-hybridized carbons (Fsp3) is 0.294. The Morgan fingerprint density at radius 2 is 1.92 bits per heavy atom. The summed E-state index contributed by atoms with van der Waals surface area (Å²) in [7, 11) is 1.86. The Kier molecular flexibility index (Phi) is 8.54. The molecule has 25 heavy (non-hydrogen) atoms. The van der Waals surface area contributed by atoms with Crippen LogP contribution >= 0.6 is 23.7 Å². The molecule has 5 nitrogen and oxygen atoms in total. The number of nitrogens with one attached hydrogen (secondary N) is 3. The molecule has 0 radical (unpaired) electrons. The molecule has 2 amide bonds. The van der Waals surface area contributed by atoms with Gasteiger partial charge in [-0.25, -0.2) is 4.39 Å². The van der Waals surface area contributed by atoms with Gasteiger partial charge in [-0.1, -0.05) is 6.07 Å². The van der Waals surface area contributed by atoms with Crippen LogP contribution in [0.3, 0.4) is 0 Å². The minimum Gasteiger partial charge on any atom is -0.351 e. The zero-order chi connectivity index (χ0) is 17.5. The summed E-state index contributed by atoms with van der Waals surface area (Å²) in [6.45, 7) is 3.23. The van der Waals surface area contributed by atoms with Gasteiger partial charge in [-0.3, -0.25) is 9.59 Å². The third kappa shape index (κ3) is 6.12. The summed E-state index contributed by atoms with van der Waals surface area (Å²) in [5, 5.41) is 9.12. The van der Waals surface area contributed by atoms with Gasteiger partial charge >= 0.3 is 0 Å². The van der Waals surface area contributed by atoms with Crippen LogP contribution in [0, 0.1) is 12.7 Å². The molecule has 0 fully saturated rings. The predicted octanol–water partition coefficient (Wildman–Crippen LogP) is 3.21. The maximum absolute atomic E-state index is 13.2. The van der Waals surface area contributed by atoms with Crippen molar-refractivity contribution in [2.75, 3.05) is 25.5 Å². The Hall–Kier alpha value is -1.96. The van der Waals surface area contributed by atoms with E-state index in [2.05, 4.69) is 16.0 Å². The summed E-state index contributed by atoms with van der Waals surface area (Å²) < 4.78 is 13.2. The Labute approximate surface area is 156 Å². The second kappa shape index (κ2) is 10.1. The molecule has 0 bridgehead atoms. The van der Waals surface area contributed by atoms with Crippen LogP contribution in [0.15, 0.2) is 30.3 Å². The first-order valence-corrected chi connectivity index (χ1v) is 8.43. The topological polar surface area (TPSA) is 70.2 Å². The van der Waals surface area contributed by atoms with E-state index < -0.39 is 11.7 Å². The Balaban J connectivity index is 0.00000312. The number of hydrogen-bond acceptors (Lipinski definition) is 4. The number of rotatable bonds is 7. The lowest BCUT2D eigenvalue weighted by atomic mass is 10.2. The number of hydrogen-bond donors (Lipinski definition) is 3. The lowest BCUT2D eigenvalue weighted by Gasteiger charge is -2.04. The zero-order valence-electron chi connectivity index (χ0n) is 14.0. The molecule has 2 aromatic rings. The van der Waals surface area contributed by atoms with E-state index in [4.69, 9.17) is 0 Å². The molecule has 1 aromatic heterocycles. The monoisotopic (exact) mass is 385 g/mol. The van der Waals surface area contributed by atoms with Gasteiger partial charge in [-0.05, 0) is 56.8 Å². The highest BCUT2D eigenvalue weighted by Crippen LogP contribution is 2.27. The highest BCUT2D eigenvalue weighted by Gasteiger charge is 2.15. The standard InChI is InChI=1S/C17H20FN3O2S.ClH/c1-11-9-14(21-16(22)12-5-3-6-13(18)10-12)24-15(11)17(23)20-8-4-7-19-2;/h3,5-6,9-10,19H,4,7-8H2,1-2H3,(H,20,23)(H,21,22);1H. The van der Waals surface area contributed by atoms with E-state index in [0.29, 0.717) is 16.4 Å². The molecular weight excluding hydrogens is 365 g/mol. The minimum atomic E-state index is -0.466. The second-order valence-electron chi connectivity index (χ2n) is 5.30. The molecule has 136 valence electrons. The number of thiophene rings is 1. The van der Waals surface area contributed by atoms with Crippen molar-refractivity contribution in [1.82, 2.24) is 10.6 Å². The molecule has 3 N–H and O–H groups in total. The van der Waals surface area contributed by atoms with E-state index >= 15 is 0 Å². The smallest absolute Gasteiger partial charge is 0.261 e. The van der Waals surface area contributed by atoms with Gasteiger partial charge in [0.1, 0.15) is 5.82 Å². The molecule has 0 aliphatic heterocycles. The molecule has 1 aromatic carbocycles. The number of benzene rings is 1. The fourth-order valence-electron chi connectivity index (χ4n) is 2.13. The first-order valence-electron chi connectivity index (χ1n) is 7.61. The van der Waals surface area contributed by atoms with Crippen molar-refractivity contribution in [2.45, 2.75) is 13.3 Å².